The highest BCUT2D eigenvalue weighted by molar-refractivity contribution is 7.92. The molecular weight excluding hydrogens is 379 g/mol. The summed E-state index contributed by atoms with van der Waals surface area (Å²) in [5, 5.41) is 11.0. The van der Waals surface area contributed by atoms with Crippen LogP contribution >= 0.6 is 0 Å². The fourth-order valence-corrected chi connectivity index (χ4v) is 3.83. The van der Waals surface area contributed by atoms with Crippen LogP contribution in [0.1, 0.15) is 15.9 Å². The Morgan fingerprint density at radius 1 is 1.30 bits per heavy atom. The molecule has 0 amide bonds. The summed E-state index contributed by atoms with van der Waals surface area (Å²) in [6.07, 6.45) is 1.58. The molecule has 27 heavy (non-hydrogen) atoms. The summed E-state index contributed by atoms with van der Waals surface area (Å²) in [6, 6.07) is 7.32. The SMILES string of the molecule is CS(=O)(=O)N1CCc2cc(C(=O)COc3cc(F)ccc3[N+](=O)[O-])ccc21. The third-order valence-corrected chi connectivity index (χ3v) is 5.31. The molecule has 0 aromatic heterocycles. The standard InChI is InChI=1S/C17H15FN2O6S/c1-27(24,25)19-7-6-11-8-12(2-4-14(11)19)16(21)10-26-17-9-13(18)3-5-15(17)20(22)23/h2-5,8-9H,6-7,10H2,1H3. The lowest BCUT2D eigenvalue weighted by Crippen LogP contribution is -2.27. The minimum absolute atomic E-state index is 0.281. The van der Waals surface area contributed by atoms with E-state index < -0.39 is 38.8 Å². The number of ether oxygens (including phenoxy) is 1. The van der Waals surface area contributed by atoms with E-state index in [1.807, 2.05) is 0 Å². The molecule has 0 bridgehead atoms. The van der Waals surface area contributed by atoms with Crippen LogP contribution < -0.4 is 9.04 Å². The van der Waals surface area contributed by atoms with Gasteiger partial charge in [-0.1, -0.05) is 0 Å². The second kappa shape index (κ2) is 6.95. The Labute approximate surface area is 154 Å². The lowest BCUT2D eigenvalue weighted by molar-refractivity contribution is -0.385. The molecule has 3 rings (SSSR count). The van der Waals surface area contributed by atoms with Crippen LogP contribution in [-0.2, 0) is 16.4 Å². The number of ketones is 1. The van der Waals surface area contributed by atoms with Gasteiger partial charge >= 0.3 is 5.69 Å². The van der Waals surface area contributed by atoms with E-state index in [1.54, 1.807) is 12.1 Å². The zero-order valence-corrected chi connectivity index (χ0v) is 15.0. The Balaban J connectivity index is 1.77. The van der Waals surface area contributed by atoms with Crippen molar-refractivity contribution < 1.29 is 27.3 Å². The Kier molecular flexibility index (Phi) is 4.83. The highest BCUT2D eigenvalue weighted by Gasteiger charge is 2.27. The molecular formula is C17H15FN2O6S. The van der Waals surface area contributed by atoms with Crippen LogP contribution in [0.5, 0.6) is 5.75 Å². The maximum atomic E-state index is 13.3. The predicted molar refractivity (Wildman–Crippen MR) is 95.2 cm³/mol. The van der Waals surface area contributed by atoms with E-state index in [0.717, 1.165) is 24.5 Å². The van der Waals surface area contributed by atoms with Crippen LogP contribution in [0.25, 0.3) is 0 Å². The molecule has 0 unspecified atom stereocenters. The Morgan fingerprint density at radius 2 is 2.04 bits per heavy atom. The number of nitrogens with zero attached hydrogens (tertiary/aromatic N) is 2. The van der Waals surface area contributed by atoms with E-state index in [0.29, 0.717) is 24.2 Å². The van der Waals surface area contributed by atoms with Gasteiger partial charge in [0.15, 0.2) is 18.1 Å². The van der Waals surface area contributed by atoms with Gasteiger partial charge in [0.2, 0.25) is 10.0 Å². The maximum Gasteiger partial charge on any atom is 0.311 e. The van der Waals surface area contributed by atoms with Crippen molar-refractivity contribution in [3.8, 4) is 5.75 Å². The van der Waals surface area contributed by atoms with E-state index in [1.165, 1.54) is 10.4 Å². The number of Topliss-reactive ketones (excluding diaryl/α,β-unsaturated/α-hetero) is 1. The molecule has 1 aliphatic heterocycles. The number of halogens is 1. The van der Waals surface area contributed by atoms with Crippen molar-refractivity contribution in [2.45, 2.75) is 6.42 Å². The molecule has 0 saturated heterocycles. The van der Waals surface area contributed by atoms with Crippen LogP contribution in [0.3, 0.4) is 0 Å². The minimum Gasteiger partial charge on any atom is -0.478 e. The average Bonchev–Trinajstić information content (AvgIpc) is 3.02. The van der Waals surface area contributed by atoms with Gasteiger partial charge in [-0.05, 0) is 36.2 Å². The molecule has 8 nitrogen and oxygen atoms in total. The number of rotatable bonds is 6. The molecule has 1 heterocycles. The molecule has 0 saturated carbocycles. The van der Waals surface area contributed by atoms with Crippen molar-refractivity contribution in [3.63, 3.8) is 0 Å². The normalized spacial score (nSPS) is 13.3. The van der Waals surface area contributed by atoms with Gasteiger partial charge in [-0.3, -0.25) is 19.2 Å². The van der Waals surface area contributed by atoms with Crippen LogP contribution in [0.4, 0.5) is 15.8 Å². The summed E-state index contributed by atoms with van der Waals surface area (Å²) >= 11 is 0. The first-order chi connectivity index (χ1) is 12.7. The average molecular weight is 394 g/mol. The molecule has 0 N–H and O–H groups in total. The summed E-state index contributed by atoms with van der Waals surface area (Å²) in [5.74, 6) is -1.52. The molecule has 0 fully saturated rings. The number of hydrogen-bond acceptors (Lipinski definition) is 6. The first-order valence-corrected chi connectivity index (χ1v) is 9.72. The second-order valence-corrected chi connectivity index (χ2v) is 7.92. The second-order valence-electron chi connectivity index (χ2n) is 6.01. The molecule has 0 radical (unpaired) electrons. The van der Waals surface area contributed by atoms with Crippen LogP contribution in [0, 0.1) is 15.9 Å². The van der Waals surface area contributed by atoms with Gasteiger partial charge in [0.25, 0.3) is 0 Å². The van der Waals surface area contributed by atoms with Crippen molar-refractivity contribution in [3.05, 3.63) is 63.5 Å². The van der Waals surface area contributed by atoms with E-state index in [4.69, 9.17) is 4.74 Å². The first kappa shape index (κ1) is 18.8. The number of sulfonamides is 1. The Morgan fingerprint density at radius 3 is 2.70 bits per heavy atom. The Bertz CT molecular complexity index is 1040. The molecule has 1 aliphatic rings. The summed E-state index contributed by atoms with van der Waals surface area (Å²) < 4.78 is 43.2. The summed E-state index contributed by atoms with van der Waals surface area (Å²) in [6.45, 7) is -0.212. The topological polar surface area (TPSA) is 107 Å². The van der Waals surface area contributed by atoms with Gasteiger partial charge in [0.1, 0.15) is 5.82 Å². The lowest BCUT2D eigenvalue weighted by atomic mass is 10.1. The quantitative estimate of drug-likeness (QED) is 0.423. The third-order valence-electron chi connectivity index (χ3n) is 4.13. The van der Waals surface area contributed by atoms with Crippen molar-refractivity contribution in [1.29, 1.82) is 0 Å². The highest BCUT2D eigenvalue weighted by atomic mass is 32.2. The number of benzene rings is 2. The third kappa shape index (κ3) is 3.90. The van der Waals surface area contributed by atoms with Gasteiger partial charge in [-0.25, -0.2) is 12.8 Å². The van der Waals surface area contributed by atoms with Crippen molar-refractivity contribution in [1.82, 2.24) is 0 Å². The fourth-order valence-electron chi connectivity index (χ4n) is 2.87. The monoisotopic (exact) mass is 394 g/mol. The van der Waals surface area contributed by atoms with E-state index in [2.05, 4.69) is 0 Å². The molecule has 0 aliphatic carbocycles. The van der Waals surface area contributed by atoms with Crippen molar-refractivity contribution >= 4 is 27.2 Å². The van der Waals surface area contributed by atoms with Crippen LogP contribution in [-0.4, -0.2) is 38.5 Å². The van der Waals surface area contributed by atoms with Gasteiger partial charge in [0.05, 0.1) is 16.9 Å². The van der Waals surface area contributed by atoms with E-state index in [9.17, 15) is 27.7 Å². The molecule has 0 atom stereocenters. The molecule has 10 heteroatoms. The number of nitro groups is 1. The summed E-state index contributed by atoms with van der Waals surface area (Å²) in [7, 11) is -3.39. The smallest absolute Gasteiger partial charge is 0.311 e. The van der Waals surface area contributed by atoms with Crippen molar-refractivity contribution in [2.75, 3.05) is 23.7 Å². The first-order valence-electron chi connectivity index (χ1n) is 7.87. The molecule has 142 valence electrons. The van der Waals surface area contributed by atoms with Crippen LogP contribution in [0.2, 0.25) is 0 Å². The van der Waals surface area contributed by atoms with Crippen molar-refractivity contribution in [2.24, 2.45) is 0 Å². The van der Waals surface area contributed by atoms with Gasteiger partial charge in [-0.2, -0.15) is 0 Å². The number of fused-ring (bicyclic) bond motifs is 1. The number of carbonyl (C=O) groups is 1. The van der Waals surface area contributed by atoms with E-state index in [-0.39, 0.29) is 11.3 Å². The van der Waals surface area contributed by atoms with E-state index >= 15 is 0 Å². The molecule has 2 aromatic rings. The number of carbonyl (C=O) groups excluding carboxylic acids is 1. The zero-order chi connectivity index (χ0) is 19.8. The lowest BCUT2D eigenvalue weighted by Gasteiger charge is -2.16. The zero-order valence-electron chi connectivity index (χ0n) is 14.2. The highest BCUT2D eigenvalue weighted by Crippen LogP contribution is 2.31. The summed E-state index contributed by atoms with van der Waals surface area (Å²) in [4.78, 5) is 22.6. The molecule has 0 spiro atoms. The number of hydrogen-bond donors (Lipinski definition) is 0. The largest absolute Gasteiger partial charge is 0.478 e. The van der Waals surface area contributed by atoms with Crippen LogP contribution in [0.15, 0.2) is 36.4 Å². The fraction of sp³-hybridized carbons (Fsp3) is 0.235. The molecule has 2 aromatic carbocycles. The predicted octanol–water partition coefficient (Wildman–Crippen LogP) is 2.32. The van der Waals surface area contributed by atoms with Gasteiger partial charge in [-0.15, -0.1) is 0 Å². The number of anilines is 1. The number of nitro benzene ring substituents is 1. The maximum absolute atomic E-state index is 13.3. The van der Waals surface area contributed by atoms with Gasteiger partial charge < -0.3 is 4.74 Å². The van der Waals surface area contributed by atoms with Gasteiger partial charge in [0, 0.05) is 24.2 Å². The summed E-state index contributed by atoms with van der Waals surface area (Å²) in [5.41, 5.74) is 1.07. The Hall–Kier alpha value is -3.01. The minimum atomic E-state index is -3.39.